The van der Waals surface area contributed by atoms with E-state index in [1.54, 1.807) is 0 Å². The third-order valence-electron chi connectivity index (χ3n) is 3.87. The van der Waals surface area contributed by atoms with Gasteiger partial charge in [-0.15, -0.1) is 24.0 Å². The molecule has 1 fully saturated rings. The first-order chi connectivity index (χ1) is 9.17. The standard InChI is InChI=1S/C15H32N4.HI/c1-5-6-10-18(4)15(16-3)17-9-12-19-11-7-8-14(2)13-19;/h14H,5-13H2,1-4H3,(H,16,17);1H. The van der Waals surface area contributed by atoms with Gasteiger partial charge in [-0.1, -0.05) is 20.3 Å². The molecule has 1 aliphatic rings. The summed E-state index contributed by atoms with van der Waals surface area (Å²) in [6, 6.07) is 0. The quantitative estimate of drug-likeness (QED) is 0.426. The second kappa shape index (κ2) is 11.6. The van der Waals surface area contributed by atoms with Crippen molar-refractivity contribution in [2.75, 3.05) is 46.8 Å². The van der Waals surface area contributed by atoms with Crippen LogP contribution in [0.25, 0.3) is 0 Å². The summed E-state index contributed by atoms with van der Waals surface area (Å²) in [6.07, 6.45) is 5.20. The van der Waals surface area contributed by atoms with E-state index in [2.05, 4.69) is 41.0 Å². The molecular formula is C15H33IN4. The zero-order chi connectivity index (χ0) is 14.1. The van der Waals surface area contributed by atoms with Gasteiger partial charge < -0.3 is 15.1 Å². The lowest BCUT2D eigenvalue weighted by molar-refractivity contribution is 0.186. The van der Waals surface area contributed by atoms with Crippen molar-refractivity contribution in [1.29, 1.82) is 0 Å². The van der Waals surface area contributed by atoms with Gasteiger partial charge in [0.2, 0.25) is 0 Å². The van der Waals surface area contributed by atoms with E-state index in [9.17, 15) is 0 Å². The van der Waals surface area contributed by atoms with Crippen LogP contribution in [0, 0.1) is 5.92 Å². The van der Waals surface area contributed by atoms with Crippen LogP contribution < -0.4 is 5.32 Å². The summed E-state index contributed by atoms with van der Waals surface area (Å²) >= 11 is 0. The number of guanidine groups is 1. The van der Waals surface area contributed by atoms with E-state index in [-0.39, 0.29) is 24.0 Å². The maximum atomic E-state index is 4.35. The molecule has 1 unspecified atom stereocenters. The first-order valence-corrected chi connectivity index (χ1v) is 7.81. The summed E-state index contributed by atoms with van der Waals surface area (Å²) in [7, 11) is 3.99. The summed E-state index contributed by atoms with van der Waals surface area (Å²) in [5, 5.41) is 3.47. The summed E-state index contributed by atoms with van der Waals surface area (Å²) in [4.78, 5) is 9.15. The molecule has 0 spiro atoms. The maximum absolute atomic E-state index is 4.35. The molecule has 1 aliphatic heterocycles. The van der Waals surface area contributed by atoms with Crippen molar-refractivity contribution in [1.82, 2.24) is 15.1 Å². The van der Waals surface area contributed by atoms with E-state index in [4.69, 9.17) is 0 Å². The Hall–Kier alpha value is -0.0400. The van der Waals surface area contributed by atoms with Gasteiger partial charge in [0.25, 0.3) is 0 Å². The molecule has 0 saturated carbocycles. The van der Waals surface area contributed by atoms with E-state index in [0.29, 0.717) is 0 Å². The smallest absolute Gasteiger partial charge is 0.193 e. The van der Waals surface area contributed by atoms with Gasteiger partial charge in [-0.25, -0.2) is 0 Å². The molecule has 4 nitrogen and oxygen atoms in total. The Labute approximate surface area is 142 Å². The fourth-order valence-corrected chi connectivity index (χ4v) is 2.70. The highest BCUT2D eigenvalue weighted by Crippen LogP contribution is 2.14. The van der Waals surface area contributed by atoms with Gasteiger partial charge in [0.15, 0.2) is 5.96 Å². The lowest BCUT2D eigenvalue weighted by atomic mass is 10.0. The van der Waals surface area contributed by atoms with E-state index in [1.165, 1.54) is 38.8 Å². The zero-order valence-corrected chi connectivity index (χ0v) is 16.0. The predicted molar refractivity (Wildman–Crippen MR) is 99.2 cm³/mol. The Morgan fingerprint density at radius 2 is 2.20 bits per heavy atom. The van der Waals surface area contributed by atoms with E-state index in [1.807, 2.05) is 7.05 Å². The number of piperidine rings is 1. The van der Waals surface area contributed by atoms with Crippen molar-refractivity contribution >= 4 is 29.9 Å². The summed E-state index contributed by atoms with van der Waals surface area (Å²) in [5.41, 5.74) is 0. The van der Waals surface area contributed by atoms with Crippen molar-refractivity contribution < 1.29 is 0 Å². The second-order valence-electron chi connectivity index (χ2n) is 5.80. The third kappa shape index (κ3) is 7.67. The van der Waals surface area contributed by atoms with Gasteiger partial charge in [0.1, 0.15) is 0 Å². The minimum absolute atomic E-state index is 0. The number of rotatable bonds is 6. The Kier molecular flexibility index (Phi) is 11.6. The number of nitrogens with zero attached hydrogens (tertiary/aromatic N) is 3. The molecular weight excluding hydrogens is 363 g/mol. The van der Waals surface area contributed by atoms with Crippen LogP contribution in [0.3, 0.4) is 0 Å². The fraction of sp³-hybridized carbons (Fsp3) is 0.933. The second-order valence-corrected chi connectivity index (χ2v) is 5.80. The fourth-order valence-electron chi connectivity index (χ4n) is 2.70. The predicted octanol–water partition coefficient (Wildman–Crippen LogP) is 2.64. The van der Waals surface area contributed by atoms with Crippen molar-refractivity contribution in [3.8, 4) is 0 Å². The first kappa shape index (κ1) is 20.0. The minimum atomic E-state index is 0. The highest BCUT2D eigenvalue weighted by molar-refractivity contribution is 14.0. The van der Waals surface area contributed by atoms with Gasteiger partial charge >= 0.3 is 0 Å². The van der Waals surface area contributed by atoms with Gasteiger partial charge in [0, 0.05) is 40.3 Å². The van der Waals surface area contributed by atoms with E-state index >= 15 is 0 Å². The lowest BCUT2D eigenvalue weighted by Crippen LogP contribution is -2.44. The van der Waals surface area contributed by atoms with Crippen molar-refractivity contribution in [3.63, 3.8) is 0 Å². The third-order valence-corrected chi connectivity index (χ3v) is 3.87. The molecule has 0 bridgehead atoms. The number of aliphatic imine (C=N–C) groups is 1. The normalized spacial score (nSPS) is 20.4. The summed E-state index contributed by atoms with van der Waals surface area (Å²) in [5.74, 6) is 1.89. The number of halogens is 1. The molecule has 1 rings (SSSR count). The Morgan fingerprint density at radius 3 is 2.80 bits per heavy atom. The Morgan fingerprint density at radius 1 is 1.45 bits per heavy atom. The number of likely N-dealkylation sites (tertiary alicyclic amines) is 1. The van der Waals surface area contributed by atoms with Crippen molar-refractivity contribution in [3.05, 3.63) is 0 Å². The zero-order valence-electron chi connectivity index (χ0n) is 13.7. The van der Waals surface area contributed by atoms with Crippen LogP contribution in [0.4, 0.5) is 0 Å². The molecule has 0 aromatic rings. The van der Waals surface area contributed by atoms with Crippen molar-refractivity contribution in [2.24, 2.45) is 10.9 Å². The van der Waals surface area contributed by atoms with Crippen LogP contribution in [0.5, 0.6) is 0 Å². The molecule has 120 valence electrons. The van der Waals surface area contributed by atoms with Crippen LogP contribution in [0.2, 0.25) is 0 Å². The molecule has 5 heteroatoms. The highest BCUT2D eigenvalue weighted by atomic mass is 127. The lowest BCUT2D eigenvalue weighted by Gasteiger charge is -2.31. The largest absolute Gasteiger partial charge is 0.355 e. The number of hydrogen-bond donors (Lipinski definition) is 1. The molecule has 0 radical (unpaired) electrons. The molecule has 1 atom stereocenters. The van der Waals surface area contributed by atoms with Crippen LogP contribution in [0.15, 0.2) is 4.99 Å². The van der Waals surface area contributed by atoms with E-state index < -0.39 is 0 Å². The van der Waals surface area contributed by atoms with E-state index in [0.717, 1.165) is 31.5 Å². The monoisotopic (exact) mass is 396 g/mol. The molecule has 20 heavy (non-hydrogen) atoms. The van der Waals surface area contributed by atoms with Crippen LogP contribution in [0.1, 0.15) is 39.5 Å². The number of unbranched alkanes of at least 4 members (excludes halogenated alkanes) is 1. The van der Waals surface area contributed by atoms with Gasteiger partial charge in [0.05, 0.1) is 0 Å². The molecule has 1 heterocycles. The minimum Gasteiger partial charge on any atom is -0.355 e. The molecule has 0 aromatic heterocycles. The molecule has 1 N–H and O–H groups in total. The van der Waals surface area contributed by atoms with Gasteiger partial charge in [-0.05, 0) is 31.7 Å². The van der Waals surface area contributed by atoms with Gasteiger partial charge in [-0.3, -0.25) is 4.99 Å². The van der Waals surface area contributed by atoms with Crippen molar-refractivity contribution in [2.45, 2.75) is 39.5 Å². The molecule has 0 aromatic carbocycles. The summed E-state index contributed by atoms with van der Waals surface area (Å²) < 4.78 is 0. The number of nitrogens with one attached hydrogen (secondary N) is 1. The Bertz CT molecular complexity index is 271. The number of hydrogen-bond acceptors (Lipinski definition) is 2. The molecule has 1 saturated heterocycles. The molecule has 0 amide bonds. The highest BCUT2D eigenvalue weighted by Gasteiger charge is 2.15. The maximum Gasteiger partial charge on any atom is 0.193 e. The van der Waals surface area contributed by atoms with Crippen LogP contribution >= 0.6 is 24.0 Å². The summed E-state index contributed by atoms with van der Waals surface area (Å²) in [6.45, 7) is 10.3. The Balaban J connectivity index is 0.00000361. The average molecular weight is 396 g/mol. The average Bonchev–Trinajstić information content (AvgIpc) is 2.41. The van der Waals surface area contributed by atoms with Crippen LogP contribution in [-0.2, 0) is 0 Å². The van der Waals surface area contributed by atoms with Gasteiger partial charge in [-0.2, -0.15) is 0 Å². The molecule has 0 aliphatic carbocycles. The SMILES string of the molecule is CCCCN(C)C(=NC)NCCN1CCCC(C)C1.I. The van der Waals surface area contributed by atoms with Crippen LogP contribution in [-0.4, -0.2) is 62.6 Å². The topological polar surface area (TPSA) is 30.9 Å². The first-order valence-electron chi connectivity index (χ1n) is 7.81.